The predicted octanol–water partition coefficient (Wildman–Crippen LogP) is 3.44. The molecule has 0 amide bonds. The highest BCUT2D eigenvalue weighted by Crippen LogP contribution is 2.29. The monoisotopic (exact) mass is 374 g/mol. The summed E-state index contributed by atoms with van der Waals surface area (Å²) in [7, 11) is 1.84. The maximum atomic E-state index is 13.1. The molecule has 0 aliphatic carbocycles. The van der Waals surface area contributed by atoms with Crippen LogP contribution < -0.4 is 11.1 Å². The van der Waals surface area contributed by atoms with E-state index >= 15 is 0 Å². The summed E-state index contributed by atoms with van der Waals surface area (Å²) >= 11 is 2.09. The fourth-order valence-electron chi connectivity index (χ4n) is 1.88. The molecule has 4 nitrogen and oxygen atoms in total. The number of hydrogen-bond acceptors (Lipinski definition) is 3. The Hall–Kier alpha value is -1.31. The maximum Gasteiger partial charge on any atom is 0.152 e. The minimum atomic E-state index is -0.250. The van der Waals surface area contributed by atoms with E-state index in [1.54, 1.807) is 10.7 Å². The normalized spacial score (nSPS) is 10.7. The van der Waals surface area contributed by atoms with Crippen molar-refractivity contribution in [3.8, 4) is 0 Å². The molecule has 0 aliphatic rings. The third kappa shape index (κ3) is 2.99. The SMILES string of the molecule is CCCc1nn(C)c(Nc2ccc(F)cc2I)c1N. The fraction of sp³-hybridized carbons (Fsp3) is 0.308. The predicted molar refractivity (Wildman–Crippen MR) is 84.0 cm³/mol. The first-order valence-corrected chi connectivity index (χ1v) is 7.14. The van der Waals surface area contributed by atoms with Crippen molar-refractivity contribution in [2.45, 2.75) is 19.8 Å². The van der Waals surface area contributed by atoms with Crippen LogP contribution in [-0.2, 0) is 13.5 Å². The number of nitrogens with zero attached hydrogens (tertiary/aromatic N) is 2. The lowest BCUT2D eigenvalue weighted by atomic mass is 10.2. The molecule has 1 aromatic carbocycles. The van der Waals surface area contributed by atoms with Crippen LogP contribution in [0.1, 0.15) is 19.0 Å². The van der Waals surface area contributed by atoms with Crippen LogP contribution in [0.15, 0.2) is 18.2 Å². The highest BCUT2D eigenvalue weighted by atomic mass is 127. The van der Waals surface area contributed by atoms with Crippen LogP contribution in [0.25, 0.3) is 0 Å². The minimum absolute atomic E-state index is 0.250. The van der Waals surface area contributed by atoms with Crippen LogP contribution in [0.3, 0.4) is 0 Å². The number of hydrogen-bond donors (Lipinski definition) is 2. The van der Waals surface area contributed by atoms with Crippen LogP contribution in [-0.4, -0.2) is 9.78 Å². The van der Waals surface area contributed by atoms with Gasteiger partial charge in [0.2, 0.25) is 0 Å². The average molecular weight is 374 g/mol. The summed E-state index contributed by atoms with van der Waals surface area (Å²) in [5, 5.41) is 7.61. The van der Waals surface area contributed by atoms with Crippen LogP contribution >= 0.6 is 22.6 Å². The third-order valence-corrected chi connectivity index (χ3v) is 3.72. The van der Waals surface area contributed by atoms with E-state index in [9.17, 15) is 4.39 Å². The quantitative estimate of drug-likeness (QED) is 0.807. The zero-order valence-corrected chi connectivity index (χ0v) is 13.0. The number of nitrogens with one attached hydrogen (secondary N) is 1. The Morgan fingerprint density at radius 2 is 2.21 bits per heavy atom. The number of rotatable bonds is 4. The van der Waals surface area contributed by atoms with E-state index in [4.69, 9.17) is 5.73 Å². The van der Waals surface area contributed by atoms with Crippen LogP contribution in [0.2, 0.25) is 0 Å². The molecule has 1 heterocycles. The van der Waals surface area contributed by atoms with Gasteiger partial charge in [0, 0.05) is 10.6 Å². The van der Waals surface area contributed by atoms with Crippen molar-refractivity contribution in [3.63, 3.8) is 0 Å². The second-order valence-electron chi connectivity index (χ2n) is 4.33. The summed E-state index contributed by atoms with van der Waals surface area (Å²) in [6.07, 6.45) is 1.84. The number of nitrogens with two attached hydrogens (primary N) is 1. The molecular weight excluding hydrogens is 358 g/mol. The smallest absolute Gasteiger partial charge is 0.152 e. The van der Waals surface area contributed by atoms with Gasteiger partial charge in [0.25, 0.3) is 0 Å². The van der Waals surface area contributed by atoms with Gasteiger partial charge in [0.15, 0.2) is 5.82 Å². The van der Waals surface area contributed by atoms with Crippen molar-refractivity contribution in [2.75, 3.05) is 11.1 Å². The lowest BCUT2D eigenvalue weighted by Crippen LogP contribution is -2.02. The molecule has 3 N–H and O–H groups in total. The Labute approximate surface area is 125 Å². The van der Waals surface area contributed by atoms with Crippen LogP contribution in [0.4, 0.5) is 21.6 Å². The largest absolute Gasteiger partial charge is 0.394 e. The highest BCUT2D eigenvalue weighted by molar-refractivity contribution is 14.1. The van der Waals surface area contributed by atoms with Crippen molar-refractivity contribution in [1.82, 2.24) is 9.78 Å². The molecule has 1 aromatic heterocycles. The van der Waals surface area contributed by atoms with Gasteiger partial charge in [-0.3, -0.25) is 4.68 Å². The Morgan fingerprint density at radius 1 is 1.47 bits per heavy atom. The Kier molecular flexibility index (Phi) is 4.28. The minimum Gasteiger partial charge on any atom is -0.394 e. The Morgan fingerprint density at radius 3 is 2.84 bits per heavy atom. The highest BCUT2D eigenvalue weighted by Gasteiger charge is 2.13. The molecule has 2 rings (SSSR count). The first-order valence-electron chi connectivity index (χ1n) is 6.06. The van der Waals surface area contributed by atoms with Crippen molar-refractivity contribution in [1.29, 1.82) is 0 Å². The summed E-state index contributed by atoms with van der Waals surface area (Å²) < 4.78 is 15.6. The molecule has 0 unspecified atom stereocenters. The standard InChI is InChI=1S/C13H16FIN4/c1-3-4-11-12(16)13(19(2)18-11)17-10-6-5-8(14)7-9(10)15/h5-7,17H,3-4,16H2,1-2H3. The number of nitrogen functional groups attached to an aromatic ring is 1. The number of aryl methyl sites for hydroxylation is 2. The van der Waals surface area contributed by atoms with Gasteiger partial charge >= 0.3 is 0 Å². The second kappa shape index (κ2) is 5.77. The van der Waals surface area contributed by atoms with Crippen LogP contribution in [0.5, 0.6) is 0 Å². The van der Waals surface area contributed by atoms with Crippen molar-refractivity contribution < 1.29 is 4.39 Å². The topological polar surface area (TPSA) is 55.9 Å². The van der Waals surface area contributed by atoms with E-state index in [1.807, 2.05) is 7.05 Å². The van der Waals surface area contributed by atoms with Gasteiger partial charge in [-0.2, -0.15) is 5.10 Å². The molecule has 0 saturated carbocycles. The van der Waals surface area contributed by atoms with Gasteiger partial charge in [-0.1, -0.05) is 13.3 Å². The van der Waals surface area contributed by atoms with Gasteiger partial charge in [-0.05, 0) is 47.2 Å². The average Bonchev–Trinajstić information content (AvgIpc) is 2.60. The first-order chi connectivity index (χ1) is 9.02. The zero-order chi connectivity index (χ0) is 14.0. The van der Waals surface area contributed by atoms with E-state index < -0.39 is 0 Å². The molecule has 0 atom stereocenters. The van der Waals surface area contributed by atoms with E-state index in [2.05, 4.69) is 39.9 Å². The van der Waals surface area contributed by atoms with E-state index in [1.165, 1.54) is 12.1 Å². The van der Waals surface area contributed by atoms with E-state index in [0.717, 1.165) is 33.6 Å². The lowest BCUT2D eigenvalue weighted by molar-refractivity contribution is 0.627. The molecular formula is C13H16FIN4. The Bertz CT molecular complexity index is 595. The summed E-state index contributed by atoms with van der Waals surface area (Å²) in [6.45, 7) is 2.09. The van der Waals surface area contributed by atoms with Gasteiger partial charge in [-0.25, -0.2) is 4.39 Å². The molecule has 6 heteroatoms. The summed E-state index contributed by atoms with van der Waals surface area (Å²) in [5.41, 5.74) is 8.46. The molecule has 19 heavy (non-hydrogen) atoms. The van der Waals surface area contributed by atoms with Crippen molar-refractivity contribution in [3.05, 3.63) is 33.3 Å². The van der Waals surface area contributed by atoms with Crippen LogP contribution in [0, 0.1) is 9.39 Å². The summed E-state index contributed by atoms with van der Waals surface area (Å²) in [5.74, 6) is 0.493. The maximum absolute atomic E-state index is 13.1. The fourth-order valence-corrected chi connectivity index (χ4v) is 2.50. The van der Waals surface area contributed by atoms with Crippen molar-refractivity contribution >= 4 is 39.8 Å². The molecule has 0 spiro atoms. The van der Waals surface area contributed by atoms with Gasteiger partial charge < -0.3 is 11.1 Å². The lowest BCUT2D eigenvalue weighted by Gasteiger charge is -2.09. The number of anilines is 3. The molecule has 0 radical (unpaired) electrons. The first kappa shape index (κ1) is 14.1. The molecule has 0 bridgehead atoms. The molecule has 0 aliphatic heterocycles. The molecule has 0 saturated heterocycles. The van der Waals surface area contributed by atoms with E-state index in [0.29, 0.717) is 5.69 Å². The van der Waals surface area contributed by atoms with Crippen molar-refractivity contribution in [2.24, 2.45) is 7.05 Å². The third-order valence-electron chi connectivity index (χ3n) is 2.83. The zero-order valence-electron chi connectivity index (χ0n) is 10.9. The molecule has 102 valence electrons. The number of aromatic nitrogens is 2. The Balaban J connectivity index is 2.33. The van der Waals surface area contributed by atoms with E-state index in [-0.39, 0.29) is 5.82 Å². The molecule has 0 fully saturated rings. The summed E-state index contributed by atoms with van der Waals surface area (Å²) in [4.78, 5) is 0. The second-order valence-corrected chi connectivity index (χ2v) is 5.49. The van der Waals surface area contributed by atoms with Gasteiger partial charge in [0.05, 0.1) is 17.1 Å². The van der Waals surface area contributed by atoms with Gasteiger partial charge in [-0.15, -0.1) is 0 Å². The number of halogens is 2. The molecule has 2 aromatic rings. The number of benzene rings is 1. The van der Waals surface area contributed by atoms with Gasteiger partial charge in [0.1, 0.15) is 5.82 Å². The summed E-state index contributed by atoms with van der Waals surface area (Å²) in [6, 6.07) is 4.59.